The minimum absolute atomic E-state index is 0.0248. The number of fused-ring (bicyclic) bond motifs is 1. The topological polar surface area (TPSA) is 56.4 Å². The van der Waals surface area contributed by atoms with Gasteiger partial charge in [0.1, 0.15) is 5.69 Å². The zero-order valence-electron chi connectivity index (χ0n) is 12.6. The highest BCUT2D eigenvalue weighted by atomic mass is 16.2. The van der Waals surface area contributed by atoms with E-state index >= 15 is 0 Å². The molecule has 22 heavy (non-hydrogen) atoms. The molecule has 1 N–H and O–H groups in total. The molecule has 2 fully saturated rings. The number of rotatable bonds is 2. The molecular weight excluding hydrogens is 278 g/mol. The molecule has 2 aromatic rings. The molecule has 0 aliphatic carbocycles. The van der Waals surface area contributed by atoms with Crippen molar-refractivity contribution in [3.8, 4) is 0 Å². The summed E-state index contributed by atoms with van der Waals surface area (Å²) >= 11 is 0. The molecule has 114 valence electrons. The average Bonchev–Trinajstić information content (AvgIpc) is 3.03. The smallest absolute Gasteiger partial charge is 0.270 e. The van der Waals surface area contributed by atoms with E-state index in [1.54, 1.807) is 0 Å². The number of carbonyl (C=O) groups excluding carboxylic acids is 2. The lowest BCUT2D eigenvalue weighted by atomic mass is 10.1. The standard InChI is InChI=1S/C17H19N3O2/c1-11-4-5-14-12(7-11)8-15(18-14)17(22)19-9-13(10-19)20-6-2-3-16(20)21/h4-5,7-8,13,18H,2-3,6,9-10H2,1H3. The van der Waals surface area contributed by atoms with Crippen LogP contribution in [-0.4, -0.2) is 52.3 Å². The van der Waals surface area contributed by atoms with Crippen LogP contribution >= 0.6 is 0 Å². The maximum Gasteiger partial charge on any atom is 0.270 e. The molecule has 0 bridgehead atoms. The van der Waals surface area contributed by atoms with Crippen LogP contribution in [0.2, 0.25) is 0 Å². The van der Waals surface area contributed by atoms with Crippen LogP contribution < -0.4 is 0 Å². The van der Waals surface area contributed by atoms with Gasteiger partial charge in [0.25, 0.3) is 5.91 Å². The van der Waals surface area contributed by atoms with Crippen molar-refractivity contribution < 1.29 is 9.59 Å². The molecule has 0 radical (unpaired) electrons. The van der Waals surface area contributed by atoms with Gasteiger partial charge < -0.3 is 14.8 Å². The Kier molecular flexibility index (Phi) is 2.96. The van der Waals surface area contributed by atoms with Gasteiger partial charge in [0.15, 0.2) is 0 Å². The number of aromatic amines is 1. The second-order valence-corrected chi connectivity index (χ2v) is 6.33. The van der Waals surface area contributed by atoms with Crippen molar-refractivity contribution >= 4 is 22.7 Å². The maximum absolute atomic E-state index is 12.5. The summed E-state index contributed by atoms with van der Waals surface area (Å²) in [6.45, 7) is 4.19. The first kappa shape index (κ1) is 13.4. The Morgan fingerprint density at radius 1 is 1.27 bits per heavy atom. The van der Waals surface area contributed by atoms with Crippen molar-refractivity contribution in [3.05, 3.63) is 35.5 Å². The Morgan fingerprint density at radius 3 is 2.82 bits per heavy atom. The predicted octanol–water partition coefficient (Wildman–Crippen LogP) is 1.92. The third-order valence-corrected chi connectivity index (χ3v) is 4.71. The summed E-state index contributed by atoms with van der Waals surface area (Å²) in [6.07, 6.45) is 1.61. The van der Waals surface area contributed by atoms with Crippen LogP contribution in [0.4, 0.5) is 0 Å². The summed E-state index contributed by atoms with van der Waals surface area (Å²) in [5.41, 5.74) is 2.80. The number of nitrogens with zero attached hydrogens (tertiary/aromatic N) is 2. The molecule has 0 spiro atoms. The first-order valence-electron chi connectivity index (χ1n) is 7.80. The fourth-order valence-electron chi connectivity index (χ4n) is 3.41. The molecular formula is C17H19N3O2. The van der Waals surface area contributed by atoms with Crippen LogP contribution in [0.1, 0.15) is 28.9 Å². The minimum atomic E-state index is 0.0248. The Morgan fingerprint density at radius 2 is 2.09 bits per heavy atom. The number of aromatic nitrogens is 1. The van der Waals surface area contributed by atoms with Gasteiger partial charge in [0.05, 0.1) is 6.04 Å². The van der Waals surface area contributed by atoms with Crippen molar-refractivity contribution in [3.63, 3.8) is 0 Å². The van der Waals surface area contributed by atoms with Crippen LogP contribution in [0.15, 0.2) is 24.3 Å². The molecule has 0 atom stereocenters. The second kappa shape index (κ2) is 4.87. The number of hydrogen-bond acceptors (Lipinski definition) is 2. The number of hydrogen-bond donors (Lipinski definition) is 1. The van der Waals surface area contributed by atoms with E-state index in [-0.39, 0.29) is 17.9 Å². The largest absolute Gasteiger partial charge is 0.351 e. The molecule has 3 heterocycles. The number of carbonyl (C=O) groups is 2. The third kappa shape index (κ3) is 2.08. The Balaban J connectivity index is 1.47. The fraction of sp³-hybridized carbons (Fsp3) is 0.412. The first-order valence-corrected chi connectivity index (χ1v) is 7.80. The van der Waals surface area contributed by atoms with E-state index in [0.29, 0.717) is 25.2 Å². The molecule has 4 rings (SSSR count). The van der Waals surface area contributed by atoms with Crippen molar-refractivity contribution in [2.45, 2.75) is 25.8 Å². The van der Waals surface area contributed by atoms with Crippen molar-refractivity contribution in [1.29, 1.82) is 0 Å². The summed E-state index contributed by atoms with van der Waals surface area (Å²) in [6, 6.07) is 8.24. The average molecular weight is 297 g/mol. The highest BCUT2D eigenvalue weighted by Crippen LogP contribution is 2.24. The number of likely N-dealkylation sites (tertiary alicyclic amines) is 2. The van der Waals surface area contributed by atoms with Gasteiger partial charge in [-0.3, -0.25) is 9.59 Å². The van der Waals surface area contributed by atoms with Crippen molar-refractivity contribution in [2.75, 3.05) is 19.6 Å². The summed E-state index contributed by atoms with van der Waals surface area (Å²) in [5.74, 6) is 0.259. The van der Waals surface area contributed by atoms with Crippen molar-refractivity contribution in [1.82, 2.24) is 14.8 Å². The molecule has 2 saturated heterocycles. The fourth-order valence-corrected chi connectivity index (χ4v) is 3.41. The van der Waals surface area contributed by atoms with E-state index in [1.807, 2.05) is 34.9 Å². The van der Waals surface area contributed by atoms with Crippen LogP contribution in [0, 0.1) is 6.92 Å². The number of aryl methyl sites for hydroxylation is 1. The number of amides is 2. The molecule has 2 aliphatic heterocycles. The first-order chi connectivity index (χ1) is 10.6. The zero-order chi connectivity index (χ0) is 15.3. The number of benzene rings is 1. The molecule has 5 nitrogen and oxygen atoms in total. The lowest BCUT2D eigenvalue weighted by molar-refractivity contribution is -0.132. The minimum Gasteiger partial charge on any atom is -0.351 e. The number of H-pyrrole nitrogens is 1. The molecule has 1 aromatic carbocycles. The van der Waals surface area contributed by atoms with Gasteiger partial charge >= 0.3 is 0 Å². The van der Waals surface area contributed by atoms with Gasteiger partial charge in [-0.2, -0.15) is 0 Å². The molecule has 0 unspecified atom stereocenters. The van der Waals surface area contributed by atoms with Gasteiger partial charge in [0, 0.05) is 37.0 Å². The van der Waals surface area contributed by atoms with Gasteiger partial charge in [-0.05, 0) is 31.5 Å². The van der Waals surface area contributed by atoms with E-state index in [0.717, 1.165) is 23.9 Å². The lowest BCUT2D eigenvalue weighted by Gasteiger charge is -2.43. The predicted molar refractivity (Wildman–Crippen MR) is 83.7 cm³/mol. The summed E-state index contributed by atoms with van der Waals surface area (Å²) in [7, 11) is 0. The van der Waals surface area contributed by atoms with Crippen molar-refractivity contribution in [2.24, 2.45) is 0 Å². The monoisotopic (exact) mass is 297 g/mol. The summed E-state index contributed by atoms with van der Waals surface area (Å²) in [5, 5.41) is 1.06. The lowest BCUT2D eigenvalue weighted by Crippen LogP contribution is -2.61. The molecule has 0 saturated carbocycles. The Bertz CT molecular complexity index is 758. The maximum atomic E-state index is 12.5. The van der Waals surface area contributed by atoms with Crippen LogP contribution in [-0.2, 0) is 4.79 Å². The normalized spacial score (nSPS) is 19.0. The Labute approximate surface area is 128 Å². The van der Waals surface area contributed by atoms with E-state index < -0.39 is 0 Å². The van der Waals surface area contributed by atoms with Gasteiger partial charge in [0.2, 0.25) is 5.91 Å². The van der Waals surface area contributed by atoms with Crippen LogP contribution in [0.25, 0.3) is 10.9 Å². The SMILES string of the molecule is Cc1ccc2[nH]c(C(=O)N3CC(N4CCCC4=O)C3)cc2c1. The highest BCUT2D eigenvalue weighted by Gasteiger charge is 2.39. The van der Waals surface area contributed by atoms with E-state index in [4.69, 9.17) is 0 Å². The van der Waals surface area contributed by atoms with E-state index in [9.17, 15) is 9.59 Å². The van der Waals surface area contributed by atoms with Crippen LogP contribution in [0.5, 0.6) is 0 Å². The third-order valence-electron chi connectivity index (χ3n) is 4.71. The molecule has 2 amide bonds. The summed E-state index contributed by atoms with van der Waals surface area (Å²) < 4.78 is 0. The second-order valence-electron chi connectivity index (χ2n) is 6.33. The van der Waals surface area contributed by atoms with E-state index in [2.05, 4.69) is 11.1 Å². The molecule has 2 aliphatic rings. The highest BCUT2D eigenvalue weighted by molar-refractivity contribution is 5.98. The van der Waals surface area contributed by atoms with Gasteiger partial charge in [-0.25, -0.2) is 0 Å². The number of nitrogens with one attached hydrogen (secondary N) is 1. The van der Waals surface area contributed by atoms with Crippen LogP contribution in [0.3, 0.4) is 0 Å². The van der Waals surface area contributed by atoms with E-state index in [1.165, 1.54) is 5.56 Å². The molecule has 5 heteroatoms. The summed E-state index contributed by atoms with van der Waals surface area (Å²) in [4.78, 5) is 31.2. The van der Waals surface area contributed by atoms with Gasteiger partial charge in [-0.15, -0.1) is 0 Å². The zero-order valence-corrected chi connectivity index (χ0v) is 12.6. The quantitative estimate of drug-likeness (QED) is 0.921. The molecule has 1 aromatic heterocycles. The van der Waals surface area contributed by atoms with Gasteiger partial charge in [-0.1, -0.05) is 11.6 Å². The Hall–Kier alpha value is -2.30.